The van der Waals surface area contributed by atoms with Gasteiger partial charge in [-0.15, -0.1) is 0 Å². The molecule has 0 bridgehead atoms. The maximum absolute atomic E-state index is 9.66. The van der Waals surface area contributed by atoms with E-state index in [-0.39, 0.29) is 19.1 Å². The minimum Gasteiger partial charge on any atom is -0.394 e. The predicted molar refractivity (Wildman–Crippen MR) is 60.3 cm³/mol. The smallest absolute Gasteiger partial charge is 0.161 e. The molecule has 0 spiro atoms. The average Bonchev–Trinajstić information content (AvgIpc) is 2.35. The van der Waals surface area contributed by atoms with E-state index in [1.165, 1.54) is 19.3 Å². The Hall–Kier alpha value is -0.200. The Kier molecular flexibility index (Phi) is 4.76. The number of ether oxygens (including phenoxy) is 2. The van der Waals surface area contributed by atoms with Crippen molar-refractivity contribution in [2.75, 3.05) is 6.61 Å². The van der Waals surface area contributed by atoms with Gasteiger partial charge in [0.05, 0.1) is 18.8 Å². The average molecular weight is 246 g/mol. The van der Waals surface area contributed by atoms with E-state index in [9.17, 15) is 10.2 Å². The molecule has 100 valence electrons. The van der Waals surface area contributed by atoms with E-state index in [0.29, 0.717) is 0 Å². The fourth-order valence-electron chi connectivity index (χ4n) is 2.57. The molecular formula is C12H22O5. The van der Waals surface area contributed by atoms with Crippen LogP contribution in [0.3, 0.4) is 0 Å². The van der Waals surface area contributed by atoms with Crippen molar-refractivity contribution >= 4 is 0 Å². The normalized spacial score (nSPS) is 40.4. The van der Waals surface area contributed by atoms with Crippen LogP contribution in [-0.4, -0.2) is 52.6 Å². The molecule has 1 aliphatic carbocycles. The number of aliphatic hydroxyl groups excluding tert-OH is 3. The molecule has 5 nitrogen and oxygen atoms in total. The Bertz CT molecular complexity index is 229. The van der Waals surface area contributed by atoms with Crippen LogP contribution >= 0.6 is 0 Å². The summed E-state index contributed by atoms with van der Waals surface area (Å²) in [5.41, 5.74) is 0. The highest BCUT2D eigenvalue weighted by atomic mass is 16.7. The van der Waals surface area contributed by atoms with Gasteiger partial charge in [0.15, 0.2) is 6.29 Å². The largest absolute Gasteiger partial charge is 0.394 e. The van der Waals surface area contributed by atoms with Crippen LogP contribution in [0.5, 0.6) is 0 Å². The highest BCUT2D eigenvalue weighted by molar-refractivity contribution is 4.83. The molecule has 2 rings (SSSR count). The molecule has 0 amide bonds. The van der Waals surface area contributed by atoms with Crippen molar-refractivity contribution in [1.82, 2.24) is 0 Å². The molecule has 4 atom stereocenters. The SMILES string of the molecule is OCC1OC(OC2CCCCC2)CC(O)[C@@H]1O. The molecule has 1 aliphatic heterocycles. The number of aliphatic hydroxyl groups is 3. The Labute approximate surface area is 101 Å². The standard InChI is InChI=1S/C12H22O5/c13-7-10-12(15)9(14)6-11(17-10)16-8-4-2-1-3-5-8/h8-15H,1-7H2/t9?,10?,11?,12-/m0/s1. The zero-order valence-electron chi connectivity index (χ0n) is 9.99. The molecule has 3 unspecified atom stereocenters. The molecule has 1 heterocycles. The number of hydrogen-bond donors (Lipinski definition) is 3. The van der Waals surface area contributed by atoms with Crippen LogP contribution in [0.1, 0.15) is 38.5 Å². The van der Waals surface area contributed by atoms with E-state index in [1.54, 1.807) is 0 Å². The number of hydrogen-bond acceptors (Lipinski definition) is 5. The first-order valence-electron chi connectivity index (χ1n) is 6.48. The van der Waals surface area contributed by atoms with Crippen molar-refractivity contribution in [2.45, 2.75) is 69.2 Å². The van der Waals surface area contributed by atoms with Gasteiger partial charge in [0.2, 0.25) is 0 Å². The zero-order chi connectivity index (χ0) is 12.3. The molecular weight excluding hydrogens is 224 g/mol. The minimum atomic E-state index is -1.02. The second-order valence-electron chi connectivity index (χ2n) is 4.98. The monoisotopic (exact) mass is 246 g/mol. The van der Waals surface area contributed by atoms with E-state index in [1.807, 2.05) is 0 Å². The van der Waals surface area contributed by atoms with Crippen molar-refractivity contribution in [3.63, 3.8) is 0 Å². The second-order valence-corrected chi connectivity index (χ2v) is 4.98. The topological polar surface area (TPSA) is 79.2 Å². The van der Waals surface area contributed by atoms with E-state index in [4.69, 9.17) is 14.6 Å². The molecule has 2 aliphatic rings. The van der Waals surface area contributed by atoms with Crippen LogP contribution < -0.4 is 0 Å². The maximum Gasteiger partial charge on any atom is 0.161 e. The van der Waals surface area contributed by atoms with Gasteiger partial charge in [0.1, 0.15) is 12.2 Å². The first-order valence-corrected chi connectivity index (χ1v) is 6.48. The third-order valence-electron chi connectivity index (χ3n) is 3.61. The fraction of sp³-hybridized carbons (Fsp3) is 1.00. The Morgan fingerprint density at radius 3 is 2.47 bits per heavy atom. The lowest BCUT2D eigenvalue weighted by Crippen LogP contribution is -2.51. The molecule has 0 radical (unpaired) electrons. The van der Waals surface area contributed by atoms with Gasteiger partial charge in [-0.05, 0) is 12.8 Å². The summed E-state index contributed by atoms with van der Waals surface area (Å²) in [6.45, 7) is -0.303. The summed E-state index contributed by atoms with van der Waals surface area (Å²) in [5, 5.41) is 28.3. The van der Waals surface area contributed by atoms with E-state index < -0.39 is 24.6 Å². The molecule has 17 heavy (non-hydrogen) atoms. The molecule has 1 saturated heterocycles. The van der Waals surface area contributed by atoms with Crippen LogP contribution in [0, 0.1) is 0 Å². The predicted octanol–water partition coefficient (Wildman–Crippen LogP) is 0.165. The molecule has 0 aromatic heterocycles. The van der Waals surface area contributed by atoms with E-state index in [2.05, 4.69) is 0 Å². The summed E-state index contributed by atoms with van der Waals surface area (Å²) >= 11 is 0. The van der Waals surface area contributed by atoms with Gasteiger partial charge in [-0.25, -0.2) is 0 Å². The van der Waals surface area contributed by atoms with Crippen LogP contribution in [0.4, 0.5) is 0 Å². The lowest BCUT2D eigenvalue weighted by atomic mass is 9.97. The van der Waals surface area contributed by atoms with Crippen molar-refractivity contribution in [3.05, 3.63) is 0 Å². The van der Waals surface area contributed by atoms with Gasteiger partial charge in [0, 0.05) is 6.42 Å². The van der Waals surface area contributed by atoms with Gasteiger partial charge in [-0.2, -0.15) is 0 Å². The zero-order valence-corrected chi connectivity index (χ0v) is 9.99. The van der Waals surface area contributed by atoms with Gasteiger partial charge >= 0.3 is 0 Å². The quantitative estimate of drug-likeness (QED) is 0.661. The summed E-state index contributed by atoms with van der Waals surface area (Å²) in [6, 6.07) is 0. The van der Waals surface area contributed by atoms with E-state index >= 15 is 0 Å². The van der Waals surface area contributed by atoms with Crippen molar-refractivity contribution in [2.24, 2.45) is 0 Å². The highest BCUT2D eigenvalue weighted by Crippen LogP contribution is 2.26. The van der Waals surface area contributed by atoms with Crippen LogP contribution in [0.15, 0.2) is 0 Å². The first-order chi connectivity index (χ1) is 8.20. The lowest BCUT2D eigenvalue weighted by Gasteiger charge is -2.38. The summed E-state index contributed by atoms with van der Waals surface area (Å²) < 4.78 is 11.2. The van der Waals surface area contributed by atoms with Crippen molar-refractivity contribution in [3.8, 4) is 0 Å². The summed E-state index contributed by atoms with van der Waals surface area (Å²) in [5.74, 6) is 0. The second kappa shape index (κ2) is 6.11. The molecule has 5 heteroatoms. The Balaban J connectivity index is 1.84. The Morgan fingerprint density at radius 1 is 1.12 bits per heavy atom. The summed E-state index contributed by atoms with van der Waals surface area (Å²) in [6.07, 6.45) is 2.97. The van der Waals surface area contributed by atoms with Crippen molar-refractivity contribution in [1.29, 1.82) is 0 Å². The lowest BCUT2D eigenvalue weighted by molar-refractivity contribution is -0.271. The van der Waals surface area contributed by atoms with Crippen LogP contribution in [0.25, 0.3) is 0 Å². The first kappa shape index (κ1) is 13.2. The minimum absolute atomic E-state index is 0.190. The third-order valence-corrected chi connectivity index (χ3v) is 3.61. The third kappa shape index (κ3) is 3.39. The van der Waals surface area contributed by atoms with Crippen LogP contribution in [0.2, 0.25) is 0 Å². The number of rotatable bonds is 3. The molecule has 3 N–H and O–H groups in total. The van der Waals surface area contributed by atoms with Gasteiger partial charge < -0.3 is 24.8 Å². The molecule has 0 aromatic rings. The Morgan fingerprint density at radius 2 is 1.82 bits per heavy atom. The van der Waals surface area contributed by atoms with Crippen LogP contribution in [-0.2, 0) is 9.47 Å². The summed E-state index contributed by atoms with van der Waals surface area (Å²) in [7, 11) is 0. The van der Waals surface area contributed by atoms with Gasteiger partial charge in [-0.1, -0.05) is 19.3 Å². The van der Waals surface area contributed by atoms with Gasteiger partial charge in [0.25, 0.3) is 0 Å². The van der Waals surface area contributed by atoms with Crippen molar-refractivity contribution < 1.29 is 24.8 Å². The molecule has 2 fully saturated rings. The highest BCUT2D eigenvalue weighted by Gasteiger charge is 2.37. The maximum atomic E-state index is 9.66. The van der Waals surface area contributed by atoms with E-state index in [0.717, 1.165) is 12.8 Å². The molecule has 0 aromatic carbocycles. The fourth-order valence-corrected chi connectivity index (χ4v) is 2.57. The summed E-state index contributed by atoms with van der Waals surface area (Å²) in [4.78, 5) is 0. The van der Waals surface area contributed by atoms with Gasteiger partial charge in [-0.3, -0.25) is 0 Å². The molecule has 1 saturated carbocycles.